The van der Waals surface area contributed by atoms with Gasteiger partial charge in [-0.15, -0.1) is 0 Å². The Morgan fingerprint density at radius 3 is 1.78 bits per heavy atom. The number of nitrogens with one attached hydrogen (secondary N) is 1. The average Bonchev–Trinajstić information content (AvgIpc) is 2.56. The summed E-state index contributed by atoms with van der Waals surface area (Å²) in [5.41, 5.74) is 3.24. The Kier molecular flexibility index (Phi) is 9.10. The van der Waals surface area contributed by atoms with Crippen molar-refractivity contribution in [2.45, 2.75) is 6.92 Å². The summed E-state index contributed by atoms with van der Waals surface area (Å²) in [7, 11) is 0. The number of hydrogen-bond donors (Lipinski definition) is 2. The minimum Gasteiger partial charge on any atom is -0.462 e. The fraction of sp³-hybridized carbons (Fsp3) is 0.125. The lowest BCUT2D eigenvalue weighted by molar-refractivity contribution is 0.0526. The molecule has 1 amide bonds. The molecule has 0 heterocycles. The van der Waals surface area contributed by atoms with Crippen LogP contribution in [0.4, 0.5) is 0 Å². The fourth-order valence-electron chi connectivity index (χ4n) is 1.48. The molecule has 0 radical (unpaired) electrons. The fourth-order valence-corrected chi connectivity index (χ4v) is 2.20. The lowest BCUT2D eigenvalue weighted by Gasteiger charge is -2.00. The second-order valence-electron chi connectivity index (χ2n) is 4.21. The molecule has 7 heteroatoms. The average molecular weight is 538 g/mol. The zero-order valence-corrected chi connectivity index (χ0v) is 16.7. The molecule has 0 aliphatic rings. The van der Waals surface area contributed by atoms with E-state index in [1.165, 1.54) is 0 Å². The third-order valence-electron chi connectivity index (χ3n) is 2.59. The van der Waals surface area contributed by atoms with Gasteiger partial charge >= 0.3 is 5.97 Å². The number of hydrazine groups is 1. The van der Waals surface area contributed by atoms with Crippen molar-refractivity contribution in [3.8, 4) is 0 Å². The molecule has 0 fully saturated rings. The van der Waals surface area contributed by atoms with Crippen LogP contribution in [0.25, 0.3) is 0 Å². The van der Waals surface area contributed by atoms with Crippen LogP contribution in [0.1, 0.15) is 27.6 Å². The first kappa shape index (κ1) is 19.8. The van der Waals surface area contributed by atoms with Crippen molar-refractivity contribution in [3.63, 3.8) is 0 Å². The van der Waals surface area contributed by atoms with E-state index in [1.807, 2.05) is 24.3 Å². The summed E-state index contributed by atoms with van der Waals surface area (Å²) in [5, 5.41) is 0. The van der Waals surface area contributed by atoms with E-state index in [-0.39, 0.29) is 11.9 Å². The lowest BCUT2D eigenvalue weighted by atomic mass is 10.2. The Morgan fingerprint density at radius 2 is 1.39 bits per heavy atom. The molecule has 0 aliphatic carbocycles. The Bertz CT molecular complexity index is 643. The van der Waals surface area contributed by atoms with Crippen LogP contribution in [0.5, 0.6) is 0 Å². The minimum absolute atomic E-state index is 0.256. The number of esters is 1. The van der Waals surface area contributed by atoms with Crippen LogP contribution < -0.4 is 11.3 Å². The highest BCUT2D eigenvalue weighted by molar-refractivity contribution is 14.1. The lowest BCUT2D eigenvalue weighted by Crippen LogP contribution is -2.29. The van der Waals surface area contributed by atoms with Gasteiger partial charge in [-0.3, -0.25) is 10.2 Å². The molecule has 3 N–H and O–H groups in total. The molecule has 0 saturated carbocycles. The van der Waals surface area contributed by atoms with Crippen LogP contribution in [0.3, 0.4) is 0 Å². The van der Waals surface area contributed by atoms with Crippen LogP contribution >= 0.6 is 45.2 Å². The van der Waals surface area contributed by atoms with Crippen molar-refractivity contribution in [1.29, 1.82) is 0 Å². The van der Waals surface area contributed by atoms with E-state index in [0.717, 1.165) is 7.14 Å². The molecule has 0 aliphatic heterocycles. The Balaban J connectivity index is 0.000000231. The molecule has 2 aromatic carbocycles. The smallest absolute Gasteiger partial charge is 0.338 e. The van der Waals surface area contributed by atoms with Gasteiger partial charge in [-0.05, 0) is 101 Å². The number of nitrogen functional groups attached to an aromatic ring is 1. The molecular formula is C16H16I2N2O3. The highest BCUT2D eigenvalue weighted by Crippen LogP contribution is 2.07. The minimum atomic E-state index is -0.263. The van der Waals surface area contributed by atoms with Gasteiger partial charge in [0.1, 0.15) is 0 Å². The monoisotopic (exact) mass is 538 g/mol. The third-order valence-corrected chi connectivity index (χ3v) is 4.03. The molecule has 2 aromatic rings. The second-order valence-corrected chi connectivity index (χ2v) is 6.70. The summed E-state index contributed by atoms with van der Waals surface area (Å²) in [6, 6.07) is 14.4. The summed E-state index contributed by atoms with van der Waals surface area (Å²) in [6.07, 6.45) is 0. The molecule has 122 valence electrons. The van der Waals surface area contributed by atoms with Gasteiger partial charge in [-0.1, -0.05) is 0 Å². The SMILES string of the molecule is CCOC(=O)c1ccc(I)cc1.NNC(=O)c1ccc(I)cc1. The topological polar surface area (TPSA) is 81.4 Å². The number of benzene rings is 2. The normalized spacial score (nSPS) is 9.39. The third kappa shape index (κ3) is 7.27. The Labute approximate surface area is 162 Å². The van der Waals surface area contributed by atoms with Crippen molar-refractivity contribution in [2.24, 2.45) is 5.84 Å². The number of nitrogens with two attached hydrogens (primary N) is 1. The first-order chi connectivity index (χ1) is 11.0. The van der Waals surface area contributed by atoms with Crippen LogP contribution in [0.2, 0.25) is 0 Å². The van der Waals surface area contributed by atoms with Crippen LogP contribution in [-0.4, -0.2) is 18.5 Å². The summed E-state index contributed by atoms with van der Waals surface area (Å²) < 4.78 is 7.03. The van der Waals surface area contributed by atoms with Gasteiger partial charge in [0.25, 0.3) is 5.91 Å². The number of carbonyl (C=O) groups excluding carboxylic acids is 2. The van der Waals surface area contributed by atoms with Gasteiger partial charge in [0.2, 0.25) is 0 Å². The number of carbonyl (C=O) groups is 2. The van der Waals surface area contributed by atoms with E-state index in [1.54, 1.807) is 31.2 Å². The maximum atomic E-state index is 11.1. The van der Waals surface area contributed by atoms with E-state index in [4.69, 9.17) is 10.6 Å². The molecular weight excluding hydrogens is 522 g/mol. The first-order valence-electron chi connectivity index (χ1n) is 6.67. The number of hydrogen-bond acceptors (Lipinski definition) is 4. The van der Waals surface area contributed by atoms with Gasteiger partial charge in [-0.25, -0.2) is 10.6 Å². The Hall–Kier alpha value is -1.20. The van der Waals surface area contributed by atoms with Crippen molar-refractivity contribution >= 4 is 57.1 Å². The van der Waals surface area contributed by atoms with E-state index in [2.05, 4.69) is 50.6 Å². The Morgan fingerprint density at radius 1 is 0.957 bits per heavy atom. The second kappa shape index (κ2) is 10.6. The largest absolute Gasteiger partial charge is 0.462 e. The van der Waals surface area contributed by atoms with Crippen molar-refractivity contribution < 1.29 is 14.3 Å². The van der Waals surface area contributed by atoms with Crippen molar-refractivity contribution in [3.05, 3.63) is 66.8 Å². The first-order valence-corrected chi connectivity index (χ1v) is 8.83. The molecule has 0 spiro atoms. The van der Waals surface area contributed by atoms with Gasteiger partial charge in [-0.2, -0.15) is 0 Å². The van der Waals surface area contributed by atoms with Crippen LogP contribution in [0, 0.1) is 7.14 Å². The van der Waals surface area contributed by atoms with Gasteiger partial charge < -0.3 is 4.74 Å². The van der Waals surface area contributed by atoms with Crippen LogP contribution in [-0.2, 0) is 4.74 Å². The molecule has 0 saturated heterocycles. The molecule has 0 aromatic heterocycles. The number of amides is 1. The summed E-state index contributed by atoms with van der Waals surface area (Å²) in [5.74, 6) is 4.42. The summed E-state index contributed by atoms with van der Waals surface area (Å²) in [6.45, 7) is 2.22. The van der Waals surface area contributed by atoms with Crippen LogP contribution in [0.15, 0.2) is 48.5 Å². The predicted octanol–water partition coefficient (Wildman–Crippen LogP) is 3.36. The molecule has 0 bridgehead atoms. The zero-order valence-electron chi connectivity index (χ0n) is 12.4. The molecule has 5 nitrogen and oxygen atoms in total. The number of ether oxygens (including phenoxy) is 1. The van der Waals surface area contributed by atoms with Gasteiger partial charge in [0.15, 0.2) is 0 Å². The van der Waals surface area contributed by atoms with E-state index >= 15 is 0 Å². The standard InChI is InChI=1S/C9H9IO2.C7H7IN2O/c1-2-12-9(11)7-3-5-8(10)6-4-7;8-6-3-1-5(2-4-6)7(11)10-9/h3-6H,2H2,1H3;1-4H,9H2,(H,10,11). The summed E-state index contributed by atoms with van der Waals surface area (Å²) >= 11 is 4.36. The number of rotatable bonds is 3. The highest BCUT2D eigenvalue weighted by Gasteiger charge is 2.04. The maximum absolute atomic E-state index is 11.1. The molecule has 2 rings (SSSR count). The van der Waals surface area contributed by atoms with E-state index in [9.17, 15) is 9.59 Å². The van der Waals surface area contributed by atoms with Crippen molar-refractivity contribution in [1.82, 2.24) is 5.43 Å². The quantitative estimate of drug-likeness (QED) is 0.207. The highest BCUT2D eigenvalue weighted by atomic mass is 127. The number of halogens is 2. The van der Waals surface area contributed by atoms with Crippen molar-refractivity contribution in [2.75, 3.05) is 6.61 Å². The molecule has 0 atom stereocenters. The molecule has 23 heavy (non-hydrogen) atoms. The summed E-state index contributed by atoms with van der Waals surface area (Å²) in [4.78, 5) is 22.0. The predicted molar refractivity (Wildman–Crippen MR) is 106 cm³/mol. The molecule has 0 unspecified atom stereocenters. The zero-order chi connectivity index (χ0) is 17.2. The van der Waals surface area contributed by atoms with Gasteiger partial charge in [0, 0.05) is 12.7 Å². The van der Waals surface area contributed by atoms with Gasteiger partial charge in [0.05, 0.1) is 12.2 Å². The maximum Gasteiger partial charge on any atom is 0.338 e. The van der Waals surface area contributed by atoms with E-state index in [0.29, 0.717) is 17.7 Å². The van der Waals surface area contributed by atoms with E-state index < -0.39 is 0 Å².